The number of hydrogen-bond donors (Lipinski definition) is 2. The first-order valence-electron chi connectivity index (χ1n) is 9.45. The highest BCUT2D eigenvalue weighted by Crippen LogP contribution is 2.28. The van der Waals surface area contributed by atoms with Crippen LogP contribution in [0, 0.1) is 0 Å². The highest BCUT2D eigenvalue weighted by Gasteiger charge is 2.16. The van der Waals surface area contributed by atoms with Gasteiger partial charge in [-0.2, -0.15) is 5.10 Å². The predicted molar refractivity (Wildman–Crippen MR) is 124 cm³/mol. The van der Waals surface area contributed by atoms with E-state index in [1.165, 1.54) is 13.2 Å². The van der Waals surface area contributed by atoms with Crippen molar-refractivity contribution in [3.05, 3.63) is 83.4 Å². The molecule has 154 valence electrons. The number of anilines is 1. The number of carbonyl (C=O) groups is 2. The molecule has 2 N–H and O–H groups in total. The third-order valence-electron chi connectivity index (χ3n) is 4.79. The van der Waals surface area contributed by atoms with Crippen LogP contribution in [0.15, 0.2) is 77.9 Å². The van der Waals surface area contributed by atoms with Crippen molar-refractivity contribution in [2.24, 2.45) is 5.10 Å². The summed E-state index contributed by atoms with van der Waals surface area (Å²) >= 11 is 5.95. The van der Waals surface area contributed by atoms with Crippen LogP contribution >= 0.6 is 11.6 Å². The first-order valence-corrected chi connectivity index (χ1v) is 9.83. The highest BCUT2D eigenvalue weighted by atomic mass is 35.5. The molecule has 0 bridgehead atoms. The second-order valence-electron chi connectivity index (χ2n) is 6.73. The first kappa shape index (κ1) is 20.4. The van der Waals surface area contributed by atoms with Crippen LogP contribution in [0.2, 0.25) is 5.02 Å². The van der Waals surface area contributed by atoms with Crippen LogP contribution in [0.4, 0.5) is 5.69 Å². The molecule has 0 fully saturated rings. The van der Waals surface area contributed by atoms with Gasteiger partial charge in [0.15, 0.2) is 0 Å². The van der Waals surface area contributed by atoms with Gasteiger partial charge in [-0.05, 0) is 45.8 Å². The van der Waals surface area contributed by atoms with E-state index < -0.39 is 11.8 Å². The van der Waals surface area contributed by atoms with E-state index in [4.69, 9.17) is 16.3 Å². The van der Waals surface area contributed by atoms with Crippen LogP contribution in [-0.2, 0) is 9.59 Å². The minimum absolute atomic E-state index is 0.291. The number of methoxy groups -OCH3 is 1. The SMILES string of the molecule is COc1ccc(Cl)cc1NC(=O)C(=O)N/N=C/c1c2ccccc2cc2ccccc12. The van der Waals surface area contributed by atoms with Gasteiger partial charge >= 0.3 is 11.8 Å². The number of fused-ring (bicyclic) bond motifs is 2. The molecule has 0 atom stereocenters. The van der Waals surface area contributed by atoms with E-state index in [1.54, 1.807) is 18.3 Å². The number of ether oxygens (including phenoxy) is 1. The fourth-order valence-corrected chi connectivity index (χ4v) is 3.52. The zero-order chi connectivity index (χ0) is 21.8. The Balaban J connectivity index is 1.56. The summed E-state index contributed by atoms with van der Waals surface area (Å²) in [5.74, 6) is -1.42. The maximum Gasteiger partial charge on any atom is 0.329 e. The lowest BCUT2D eigenvalue weighted by atomic mass is 9.97. The number of halogens is 1. The van der Waals surface area contributed by atoms with Gasteiger partial charge in [-0.25, -0.2) is 5.43 Å². The Morgan fingerprint density at radius 3 is 2.19 bits per heavy atom. The maximum atomic E-state index is 12.3. The normalized spacial score (nSPS) is 11.0. The van der Waals surface area contributed by atoms with Crippen LogP contribution in [0.25, 0.3) is 21.5 Å². The van der Waals surface area contributed by atoms with Gasteiger partial charge in [-0.3, -0.25) is 9.59 Å². The molecule has 0 aliphatic rings. The van der Waals surface area contributed by atoms with E-state index in [9.17, 15) is 9.59 Å². The molecule has 4 rings (SSSR count). The molecular formula is C24H18ClN3O3. The first-order chi connectivity index (χ1) is 15.1. The average molecular weight is 432 g/mol. The minimum Gasteiger partial charge on any atom is -0.495 e. The fourth-order valence-electron chi connectivity index (χ4n) is 3.35. The molecule has 0 aromatic heterocycles. The van der Waals surface area contributed by atoms with Gasteiger partial charge in [-0.1, -0.05) is 60.1 Å². The standard InChI is InChI=1S/C24H18ClN3O3/c1-31-22-11-10-17(25)13-21(22)27-23(29)24(30)28-26-14-20-18-8-4-2-6-15(18)12-16-7-3-5-9-19(16)20/h2-14H,1H3,(H,27,29)(H,28,30)/b26-14+. The van der Waals surface area contributed by atoms with Crippen molar-refractivity contribution in [2.75, 3.05) is 12.4 Å². The largest absolute Gasteiger partial charge is 0.495 e. The van der Waals surface area contributed by atoms with E-state index >= 15 is 0 Å². The average Bonchev–Trinajstić information content (AvgIpc) is 2.78. The number of benzene rings is 4. The van der Waals surface area contributed by atoms with Gasteiger partial charge in [0.2, 0.25) is 0 Å². The molecule has 0 aliphatic carbocycles. The summed E-state index contributed by atoms with van der Waals surface area (Å²) < 4.78 is 5.17. The summed E-state index contributed by atoms with van der Waals surface area (Å²) in [6.45, 7) is 0. The Morgan fingerprint density at radius 2 is 1.55 bits per heavy atom. The quantitative estimate of drug-likeness (QED) is 0.212. The van der Waals surface area contributed by atoms with Gasteiger partial charge in [0.05, 0.1) is 19.0 Å². The summed E-state index contributed by atoms with van der Waals surface area (Å²) in [6.07, 6.45) is 1.55. The topological polar surface area (TPSA) is 79.8 Å². The lowest BCUT2D eigenvalue weighted by Gasteiger charge is -2.10. The summed E-state index contributed by atoms with van der Waals surface area (Å²) in [5.41, 5.74) is 3.42. The Kier molecular flexibility index (Phi) is 5.82. The maximum absolute atomic E-state index is 12.3. The van der Waals surface area contributed by atoms with Gasteiger partial charge in [0.1, 0.15) is 5.75 Å². The van der Waals surface area contributed by atoms with Crippen LogP contribution in [0.3, 0.4) is 0 Å². The van der Waals surface area contributed by atoms with Gasteiger partial charge in [0, 0.05) is 10.6 Å². The van der Waals surface area contributed by atoms with Crippen molar-refractivity contribution >= 4 is 56.9 Å². The van der Waals surface area contributed by atoms with Gasteiger partial charge in [-0.15, -0.1) is 0 Å². The van der Waals surface area contributed by atoms with Crippen LogP contribution in [0.5, 0.6) is 5.75 Å². The molecule has 4 aromatic carbocycles. The van der Waals surface area contributed by atoms with Crippen LogP contribution in [-0.4, -0.2) is 25.1 Å². The Morgan fingerprint density at radius 1 is 0.903 bits per heavy atom. The van der Waals surface area contributed by atoms with Crippen molar-refractivity contribution in [2.45, 2.75) is 0 Å². The number of nitrogens with zero attached hydrogens (tertiary/aromatic N) is 1. The van der Waals surface area contributed by atoms with Crippen molar-refractivity contribution < 1.29 is 14.3 Å². The lowest BCUT2D eigenvalue weighted by Crippen LogP contribution is -2.32. The van der Waals surface area contributed by atoms with E-state index in [2.05, 4.69) is 21.9 Å². The second-order valence-corrected chi connectivity index (χ2v) is 7.17. The predicted octanol–water partition coefficient (Wildman–Crippen LogP) is 4.74. The summed E-state index contributed by atoms with van der Waals surface area (Å²) in [6, 6.07) is 22.7. The summed E-state index contributed by atoms with van der Waals surface area (Å²) in [5, 5.41) is 11.0. The molecule has 0 heterocycles. The third-order valence-corrected chi connectivity index (χ3v) is 5.02. The minimum atomic E-state index is -0.914. The monoisotopic (exact) mass is 431 g/mol. The van der Waals surface area contributed by atoms with Crippen molar-refractivity contribution in [3.63, 3.8) is 0 Å². The molecule has 0 saturated carbocycles. The number of hydrazone groups is 1. The van der Waals surface area contributed by atoms with Crippen LogP contribution < -0.4 is 15.5 Å². The van der Waals surface area contributed by atoms with Crippen molar-refractivity contribution in [1.82, 2.24) is 5.43 Å². The second kappa shape index (κ2) is 8.85. The van der Waals surface area contributed by atoms with E-state index in [0.717, 1.165) is 27.1 Å². The third kappa shape index (κ3) is 4.34. The summed E-state index contributed by atoms with van der Waals surface area (Å²) in [7, 11) is 1.46. The van der Waals surface area contributed by atoms with Gasteiger partial charge < -0.3 is 10.1 Å². The highest BCUT2D eigenvalue weighted by molar-refractivity contribution is 6.40. The lowest BCUT2D eigenvalue weighted by molar-refractivity contribution is -0.136. The molecule has 2 amide bonds. The van der Waals surface area contributed by atoms with E-state index in [-0.39, 0.29) is 0 Å². The smallest absolute Gasteiger partial charge is 0.329 e. The number of rotatable bonds is 4. The molecule has 4 aromatic rings. The zero-order valence-electron chi connectivity index (χ0n) is 16.6. The van der Waals surface area contributed by atoms with E-state index in [0.29, 0.717) is 16.5 Å². The summed E-state index contributed by atoms with van der Waals surface area (Å²) in [4.78, 5) is 24.5. The number of nitrogens with one attached hydrogen (secondary N) is 2. The number of amides is 2. The molecule has 6 nitrogen and oxygen atoms in total. The van der Waals surface area contributed by atoms with Gasteiger partial charge in [0.25, 0.3) is 0 Å². The number of carbonyl (C=O) groups excluding carboxylic acids is 2. The molecule has 31 heavy (non-hydrogen) atoms. The molecule has 0 saturated heterocycles. The van der Waals surface area contributed by atoms with Crippen molar-refractivity contribution in [3.8, 4) is 5.75 Å². The zero-order valence-corrected chi connectivity index (χ0v) is 17.3. The number of hydrogen-bond acceptors (Lipinski definition) is 4. The Bertz CT molecular complexity index is 1280. The fraction of sp³-hybridized carbons (Fsp3) is 0.0417. The molecular weight excluding hydrogens is 414 g/mol. The Hall–Kier alpha value is -3.90. The molecule has 7 heteroatoms. The molecule has 0 spiro atoms. The van der Waals surface area contributed by atoms with Crippen molar-refractivity contribution in [1.29, 1.82) is 0 Å². The molecule has 0 aliphatic heterocycles. The molecule has 0 unspecified atom stereocenters. The van der Waals surface area contributed by atoms with Crippen LogP contribution in [0.1, 0.15) is 5.56 Å². The Labute approximate surface area is 183 Å². The van der Waals surface area contributed by atoms with E-state index in [1.807, 2.05) is 48.5 Å². The molecule has 0 radical (unpaired) electrons.